The van der Waals surface area contributed by atoms with Gasteiger partial charge in [-0.1, -0.05) is 0 Å². The summed E-state index contributed by atoms with van der Waals surface area (Å²) in [6, 6.07) is 5.21. The maximum atomic E-state index is 13.1. The summed E-state index contributed by atoms with van der Waals surface area (Å²) in [4.78, 5) is 23.4. The van der Waals surface area contributed by atoms with E-state index in [1.54, 1.807) is 24.3 Å². The van der Waals surface area contributed by atoms with Gasteiger partial charge in [0.15, 0.2) is 0 Å². The third-order valence-corrected chi connectivity index (χ3v) is 3.26. The van der Waals surface area contributed by atoms with Crippen molar-refractivity contribution < 1.29 is 18.4 Å². The second-order valence-corrected chi connectivity index (χ2v) is 5.81. The first-order valence-corrected chi connectivity index (χ1v) is 7.35. The topological polar surface area (TPSA) is 82.3 Å². The lowest BCUT2D eigenvalue weighted by Gasteiger charge is -2.13. The molecule has 1 unspecified atom stereocenters. The fourth-order valence-electron chi connectivity index (χ4n) is 2.20. The van der Waals surface area contributed by atoms with E-state index in [0.29, 0.717) is 11.4 Å². The Bertz CT molecular complexity index is 581. The summed E-state index contributed by atoms with van der Waals surface area (Å²) in [5, 5.41) is 10.4. The number of urea groups is 1. The molecule has 1 heterocycles. The molecular weight excluding hydrogens is 342 g/mol. The average Bonchev–Trinajstić information content (AvgIpc) is 2.80. The smallest absolute Gasteiger partial charge is 0.319 e. The van der Waals surface area contributed by atoms with Crippen molar-refractivity contribution in [2.24, 2.45) is 0 Å². The Morgan fingerprint density at radius 3 is 2.17 bits per heavy atom. The van der Waals surface area contributed by atoms with Gasteiger partial charge in [0.1, 0.15) is 0 Å². The van der Waals surface area contributed by atoms with Crippen LogP contribution in [0.2, 0.25) is 0 Å². The maximum Gasteiger partial charge on any atom is 0.319 e. The van der Waals surface area contributed by atoms with Gasteiger partial charge in [-0.15, -0.1) is 12.4 Å². The lowest BCUT2D eigenvalue weighted by Crippen LogP contribution is -2.35. The summed E-state index contributed by atoms with van der Waals surface area (Å²) in [6.07, 6.45) is -0.506. The van der Waals surface area contributed by atoms with Gasteiger partial charge < -0.3 is 16.0 Å². The number of carbonyl (C=O) groups is 2. The fourth-order valence-corrected chi connectivity index (χ4v) is 2.20. The number of amides is 3. The Morgan fingerprint density at radius 2 is 1.71 bits per heavy atom. The van der Waals surface area contributed by atoms with Crippen LogP contribution in [0.1, 0.15) is 20.3 Å². The molecule has 1 atom stereocenters. The van der Waals surface area contributed by atoms with Crippen LogP contribution in [0, 0.1) is 0 Å². The van der Waals surface area contributed by atoms with Gasteiger partial charge in [0.25, 0.3) is 5.92 Å². The number of alkyl halides is 2. The Hall–Kier alpha value is -1.93. The van der Waals surface area contributed by atoms with Crippen LogP contribution in [0.15, 0.2) is 24.3 Å². The third-order valence-electron chi connectivity index (χ3n) is 3.26. The number of halogens is 3. The summed E-state index contributed by atoms with van der Waals surface area (Å²) >= 11 is 0. The minimum Gasteiger partial charge on any atom is -0.336 e. The van der Waals surface area contributed by atoms with E-state index in [9.17, 15) is 18.4 Å². The Kier molecular flexibility index (Phi) is 6.92. The molecule has 24 heavy (non-hydrogen) atoms. The van der Waals surface area contributed by atoms with Gasteiger partial charge in [0.2, 0.25) is 5.91 Å². The molecule has 9 heteroatoms. The highest BCUT2D eigenvalue weighted by molar-refractivity contribution is 5.95. The fraction of sp³-hybridized carbons (Fsp3) is 0.467. The minimum absolute atomic E-state index is 0. The van der Waals surface area contributed by atoms with Crippen molar-refractivity contribution in [3.8, 4) is 0 Å². The second-order valence-electron chi connectivity index (χ2n) is 5.81. The molecule has 1 aliphatic heterocycles. The van der Waals surface area contributed by atoms with Crippen molar-refractivity contribution >= 4 is 35.7 Å². The van der Waals surface area contributed by atoms with Gasteiger partial charge in [-0.3, -0.25) is 10.1 Å². The van der Waals surface area contributed by atoms with Crippen LogP contribution in [-0.4, -0.2) is 36.5 Å². The van der Waals surface area contributed by atoms with E-state index in [1.165, 1.54) is 0 Å². The molecule has 4 N–H and O–H groups in total. The highest BCUT2D eigenvalue weighted by atomic mass is 35.5. The van der Waals surface area contributed by atoms with E-state index in [1.807, 2.05) is 13.8 Å². The monoisotopic (exact) mass is 362 g/mol. The normalized spacial score (nSPS) is 18.6. The molecule has 0 saturated carbocycles. The lowest BCUT2D eigenvalue weighted by molar-refractivity contribution is -0.118. The van der Waals surface area contributed by atoms with E-state index >= 15 is 0 Å². The molecule has 1 aromatic rings. The molecule has 0 radical (unpaired) electrons. The van der Waals surface area contributed by atoms with Crippen molar-refractivity contribution in [2.75, 3.05) is 17.2 Å². The number of hydrogen-bond donors (Lipinski definition) is 4. The summed E-state index contributed by atoms with van der Waals surface area (Å²) < 4.78 is 26.1. The van der Waals surface area contributed by atoms with Crippen LogP contribution < -0.4 is 21.3 Å². The molecule has 1 saturated heterocycles. The van der Waals surface area contributed by atoms with Crippen LogP contribution in [0.25, 0.3) is 0 Å². The van der Waals surface area contributed by atoms with E-state index in [2.05, 4.69) is 21.3 Å². The first-order chi connectivity index (χ1) is 10.7. The van der Waals surface area contributed by atoms with E-state index < -0.39 is 30.8 Å². The first kappa shape index (κ1) is 20.1. The molecule has 0 aliphatic carbocycles. The summed E-state index contributed by atoms with van der Waals surface area (Å²) in [5.74, 6) is -3.35. The van der Waals surface area contributed by atoms with Crippen molar-refractivity contribution in [1.82, 2.24) is 10.6 Å². The molecule has 3 amide bonds. The molecular formula is C15H21ClF2N4O2. The molecule has 134 valence electrons. The van der Waals surface area contributed by atoms with Gasteiger partial charge >= 0.3 is 6.03 Å². The molecule has 2 rings (SSSR count). The zero-order valence-electron chi connectivity index (χ0n) is 13.4. The van der Waals surface area contributed by atoms with Gasteiger partial charge in [-0.2, -0.15) is 0 Å². The Morgan fingerprint density at radius 1 is 1.17 bits per heavy atom. The number of anilines is 2. The van der Waals surface area contributed by atoms with Crippen molar-refractivity contribution in [3.05, 3.63) is 24.3 Å². The number of carbonyl (C=O) groups excluding carboxylic acids is 2. The molecule has 6 nitrogen and oxygen atoms in total. The molecule has 0 bridgehead atoms. The summed E-state index contributed by atoms with van der Waals surface area (Å²) in [6.45, 7) is 3.20. The summed E-state index contributed by atoms with van der Waals surface area (Å²) in [5.41, 5.74) is 1.04. The number of hydrogen-bond acceptors (Lipinski definition) is 3. The lowest BCUT2D eigenvalue weighted by atomic mass is 10.2. The van der Waals surface area contributed by atoms with Crippen LogP contribution in [0.3, 0.4) is 0 Å². The predicted molar refractivity (Wildman–Crippen MR) is 91.0 cm³/mol. The van der Waals surface area contributed by atoms with Crippen molar-refractivity contribution in [2.45, 2.75) is 38.3 Å². The first-order valence-electron chi connectivity index (χ1n) is 7.35. The second kappa shape index (κ2) is 8.25. The van der Waals surface area contributed by atoms with Crippen LogP contribution in [0.5, 0.6) is 0 Å². The SMILES string of the molecule is CC(C)NC(=O)Nc1ccc(NC(=O)C2CC(F)(F)CN2)cc1.Cl. The molecule has 0 spiro atoms. The highest BCUT2D eigenvalue weighted by Crippen LogP contribution is 2.25. The van der Waals surface area contributed by atoms with E-state index in [0.717, 1.165) is 0 Å². The average molecular weight is 363 g/mol. The van der Waals surface area contributed by atoms with Gasteiger partial charge in [-0.05, 0) is 38.1 Å². The quantitative estimate of drug-likeness (QED) is 0.664. The third kappa shape index (κ3) is 5.93. The summed E-state index contributed by atoms with van der Waals surface area (Å²) in [7, 11) is 0. The maximum absolute atomic E-state index is 13.1. The van der Waals surface area contributed by atoms with Crippen LogP contribution in [0.4, 0.5) is 25.0 Å². The van der Waals surface area contributed by atoms with Crippen LogP contribution >= 0.6 is 12.4 Å². The molecule has 0 aromatic heterocycles. The standard InChI is InChI=1S/C15H20F2N4O2.ClH/c1-9(2)19-14(23)21-11-5-3-10(4-6-11)20-13(22)12-7-15(16,17)8-18-12;/h3-6,9,12,18H,7-8H2,1-2H3,(H,20,22)(H2,19,21,23);1H. The Balaban J connectivity index is 0.00000288. The van der Waals surface area contributed by atoms with Gasteiger partial charge in [0, 0.05) is 23.8 Å². The number of benzene rings is 1. The van der Waals surface area contributed by atoms with Gasteiger partial charge in [0.05, 0.1) is 12.6 Å². The zero-order chi connectivity index (χ0) is 17.0. The largest absolute Gasteiger partial charge is 0.336 e. The van der Waals surface area contributed by atoms with Crippen molar-refractivity contribution in [3.63, 3.8) is 0 Å². The predicted octanol–water partition coefficient (Wildman–Crippen LogP) is 2.57. The van der Waals surface area contributed by atoms with Crippen molar-refractivity contribution in [1.29, 1.82) is 0 Å². The van der Waals surface area contributed by atoms with E-state index in [-0.39, 0.29) is 24.5 Å². The zero-order valence-corrected chi connectivity index (χ0v) is 14.2. The van der Waals surface area contributed by atoms with Crippen LogP contribution in [-0.2, 0) is 4.79 Å². The number of nitrogens with one attached hydrogen (secondary N) is 4. The van der Waals surface area contributed by atoms with Gasteiger partial charge in [-0.25, -0.2) is 13.6 Å². The molecule has 1 aromatic carbocycles. The molecule has 1 aliphatic rings. The van der Waals surface area contributed by atoms with E-state index in [4.69, 9.17) is 0 Å². The Labute approximate surface area is 145 Å². The minimum atomic E-state index is -2.85. The highest BCUT2D eigenvalue weighted by Gasteiger charge is 2.42. The number of rotatable bonds is 4. The molecule has 1 fully saturated rings.